The van der Waals surface area contributed by atoms with Crippen molar-refractivity contribution in [3.63, 3.8) is 0 Å². The molecule has 0 saturated carbocycles. The van der Waals surface area contributed by atoms with Crippen molar-refractivity contribution in [3.8, 4) is 17.3 Å². The predicted octanol–water partition coefficient (Wildman–Crippen LogP) is 2.27. The normalized spacial score (nSPS) is 10.6. The van der Waals surface area contributed by atoms with Gasteiger partial charge in [0, 0.05) is 17.3 Å². The van der Waals surface area contributed by atoms with Gasteiger partial charge in [-0.1, -0.05) is 35.5 Å². The van der Waals surface area contributed by atoms with Gasteiger partial charge in [-0.25, -0.2) is 0 Å². The van der Waals surface area contributed by atoms with Crippen LogP contribution < -0.4 is 0 Å². The Balaban J connectivity index is 2.39. The second kappa shape index (κ2) is 5.64. The average molecular weight is 240 g/mol. The lowest BCUT2D eigenvalue weighted by Crippen LogP contribution is -1.97. The number of rotatable bonds is 4. The summed E-state index contributed by atoms with van der Waals surface area (Å²) >= 11 is 0. The highest BCUT2D eigenvalue weighted by Crippen LogP contribution is 2.20. The maximum absolute atomic E-state index is 8.66. The zero-order chi connectivity index (χ0) is 12.8. The third-order valence-electron chi connectivity index (χ3n) is 2.49. The number of aromatic nitrogens is 2. The molecule has 1 N–H and O–H groups in total. The van der Waals surface area contributed by atoms with E-state index in [1.807, 2.05) is 30.3 Å². The van der Waals surface area contributed by atoms with Gasteiger partial charge in [0.25, 0.3) is 0 Å². The Hall–Kier alpha value is -2.61. The summed E-state index contributed by atoms with van der Waals surface area (Å²) in [7, 11) is 0. The van der Waals surface area contributed by atoms with E-state index < -0.39 is 0 Å². The minimum atomic E-state index is 0.394. The van der Waals surface area contributed by atoms with Crippen molar-refractivity contribution in [2.45, 2.75) is 13.0 Å². The standard InChI is InChI=1S/C13H12N4O/c14-7-4-8-17-10-12(9-15-18)13(16-17)11-5-2-1-3-6-11/h1-3,5-6,9-10,18H,4,8H2. The molecular formula is C13H12N4O. The molecule has 0 spiro atoms. The van der Waals surface area contributed by atoms with E-state index in [1.165, 1.54) is 6.21 Å². The van der Waals surface area contributed by atoms with Crippen LogP contribution in [0.15, 0.2) is 41.7 Å². The molecule has 18 heavy (non-hydrogen) atoms. The van der Waals surface area contributed by atoms with Gasteiger partial charge in [0.05, 0.1) is 25.2 Å². The van der Waals surface area contributed by atoms with Gasteiger partial charge in [-0.2, -0.15) is 10.4 Å². The van der Waals surface area contributed by atoms with Crippen LogP contribution in [-0.4, -0.2) is 21.2 Å². The Morgan fingerprint density at radius 3 is 2.83 bits per heavy atom. The fourth-order valence-corrected chi connectivity index (χ4v) is 1.69. The Morgan fingerprint density at radius 1 is 1.39 bits per heavy atom. The third-order valence-corrected chi connectivity index (χ3v) is 2.49. The van der Waals surface area contributed by atoms with E-state index in [9.17, 15) is 0 Å². The zero-order valence-corrected chi connectivity index (χ0v) is 9.69. The Kier molecular flexibility index (Phi) is 3.72. The van der Waals surface area contributed by atoms with Crippen molar-refractivity contribution >= 4 is 6.21 Å². The van der Waals surface area contributed by atoms with Gasteiger partial charge in [-0.05, 0) is 0 Å². The van der Waals surface area contributed by atoms with E-state index in [0.717, 1.165) is 16.8 Å². The molecule has 0 aliphatic rings. The zero-order valence-electron chi connectivity index (χ0n) is 9.69. The van der Waals surface area contributed by atoms with E-state index in [-0.39, 0.29) is 0 Å². The third kappa shape index (κ3) is 2.55. The second-order valence-corrected chi connectivity index (χ2v) is 3.71. The maximum atomic E-state index is 8.66. The maximum Gasteiger partial charge on any atom is 0.101 e. The Labute approximate surface area is 105 Å². The first-order valence-corrected chi connectivity index (χ1v) is 5.52. The number of benzene rings is 1. The van der Waals surface area contributed by atoms with Crippen molar-refractivity contribution in [2.75, 3.05) is 0 Å². The lowest BCUT2D eigenvalue weighted by Gasteiger charge is -1.97. The van der Waals surface area contributed by atoms with Gasteiger partial charge in [-0.15, -0.1) is 0 Å². The molecule has 5 nitrogen and oxygen atoms in total. The first-order valence-electron chi connectivity index (χ1n) is 5.52. The molecule has 5 heteroatoms. The van der Waals surface area contributed by atoms with Crippen LogP contribution in [0.25, 0.3) is 11.3 Å². The van der Waals surface area contributed by atoms with Crippen LogP contribution in [0.1, 0.15) is 12.0 Å². The molecule has 1 aromatic heterocycles. The molecule has 0 aliphatic carbocycles. The summed E-state index contributed by atoms with van der Waals surface area (Å²) in [6.07, 6.45) is 3.50. The van der Waals surface area contributed by atoms with Gasteiger partial charge >= 0.3 is 0 Å². The fraction of sp³-hybridized carbons (Fsp3) is 0.154. The van der Waals surface area contributed by atoms with Crippen LogP contribution in [0.3, 0.4) is 0 Å². The first-order chi connectivity index (χ1) is 8.85. The number of oxime groups is 1. The van der Waals surface area contributed by atoms with Crippen LogP contribution in [0, 0.1) is 11.3 Å². The van der Waals surface area contributed by atoms with E-state index in [4.69, 9.17) is 10.5 Å². The molecular weight excluding hydrogens is 228 g/mol. The minimum absolute atomic E-state index is 0.394. The predicted molar refractivity (Wildman–Crippen MR) is 67.3 cm³/mol. The highest BCUT2D eigenvalue weighted by atomic mass is 16.4. The highest BCUT2D eigenvalue weighted by Gasteiger charge is 2.09. The summed E-state index contributed by atoms with van der Waals surface area (Å²) in [6, 6.07) is 11.7. The Morgan fingerprint density at radius 2 is 2.17 bits per heavy atom. The summed E-state index contributed by atoms with van der Waals surface area (Å²) in [4.78, 5) is 0. The van der Waals surface area contributed by atoms with Crippen molar-refractivity contribution in [2.24, 2.45) is 5.16 Å². The first kappa shape index (κ1) is 11.9. The largest absolute Gasteiger partial charge is 0.411 e. The van der Waals surface area contributed by atoms with Crippen LogP contribution in [-0.2, 0) is 6.54 Å². The van der Waals surface area contributed by atoms with Gasteiger partial charge in [0.1, 0.15) is 5.69 Å². The molecule has 2 aromatic rings. The summed E-state index contributed by atoms with van der Waals surface area (Å²) in [5.41, 5.74) is 2.41. The summed E-state index contributed by atoms with van der Waals surface area (Å²) < 4.78 is 1.68. The molecule has 0 saturated heterocycles. The monoisotopic (exact) mass is 240 g/mol. The number of aryl methyl sites for hydroxylation is 1. The van der Waals surface area contributed by atoms with Crippen molar-refractivity contribution in [1.29, 1.82) is 5.26 Å². The average Bonchev–Trinajstić information content (AvgIpc) is 2.81. The molecule has 0 unspecified atom stereocenters. The number of nitrogens with zero attached hydrogens (tertiary/aromatic N) is 4. The second-order valence-electron chi connectivity index (χ2n) is 3.71. The van der Waals surface area contributed by atoms with Crippen LogP contribution in [0.4, 0.5) is 0 Å². The molecule has 0 bridgehead atoms. The van der Waals surface area contributed by atoms with E-state index in [0.29, 0.717) is 13.0 Å². The van der Waals surface area contributed by atoms with Crippen molar-refractivity contribution in [3.05, 3.63) is 42.1 Å². The number of nitriles is 1. The lowest BCUT2D eigenvalue weighted by atomic mass is 10.1. The molecule has 0 fully saturated rings. The minimum Gasteiger partial charge on any atom is -0.411 e. The van der Waals surface area contributed by atoms with E-state index in [2.05, 4.69) is 16.3 Å². The summed E-state index contributed by atoms with van der Waals surface area (Å²) in [6.45, 7) is 0.523. The molecule has 1 aromatic carbocycles. The summed E-state index contributed by atoms with van der Waals surface area (Å²) in [5, 5.41) is 24.7. The highest BCUT2D eigenvalue weighted by molar-refractivity contribution is 5.88. The lowest BCUT2D eigenvalue weighted by molar-refractivity contribution is 0.322. The summed E-state index contributed by atoms with van der Waals surface area (Å²) in [5.74, 6) is 0. The van der Waals surface area contributed by atoms with E-state index >= 15 is 0 Å². The van der Waals surface area contributed by atoms with Crippen LogP contribution >= 0.6 is 0 Å². The molecule has 0 atom stereocenters. The van der Waals surface area contributed by atoms with Gasteiger partial charge in [0.15, 0.2) is 0 Å². The van der Waals surface area contributed by atoms with Gasteiger partial charge in [-0.3, -0.25) is 4.68 Å². The quantitative estimate of drug-likeness (QED) is 0.506. The number of hydrogen-bond donors (Lipinski definition) is 1. The molecule has 2 rings (SSSR count). The molecule has 0 aliphatic heterocycles. The Bertz CT molecular complexity index is 581. The van der Waals surface area contributed by atoms with E-state index in [1.54, 1.807) is 10.9 Å². The number of hydrogen-bond acceptors (Lipinski definition) is 4. The van der Waals surface area contributed by atoms with Crippen LogP contribution in [0.2, 0.25) is 0 Å². The van der Waals surface area contributed by atoms with Gasteiger partial charge < -0.3 is 5.21 Å². The smallest absolute Gasteiger partial charge is 0.101 e. The van der Waals surface area contributed by atoms with Gasteiger partial charge in [0.2, 0.25) is 0 Å². The topological polar surface area (TPSA) is 74.2 Å². The van der Waals surface area contributed by atoms with Crippen molar-refractivity contribution in [1.82, 2.24) is 9.78 Å². The fourth-order valence-electron chi connectivity index (χ4n) is 1.69. The molecule has 90 valence electrons. The molecule has 0 radical (unpaired) electrons. The van der Waals surface area contributed by atoms with Crippen molar-refractivity contribution < 1.29 is 5.21 Å². The molecule has 1 heterocycles. The van der Waals surface area contributed by atoms with Crippen LogP contribution in [0.5, 0.6) is 0 Å². The molecule has 0 amide bonds. The SMILES string of the molecule is N#CCCn1cc(C=NO)c(-c2ccccc2)n1.